The molecule has 2 aliphatic heterocycles. The second kappa shape index (κ2) is 7.06. The molecule has 2 aliphatic rings. The van der Waals surface area contributed by atoms with Crippen LogP contribution >= 0.6 is 35.0 Å². The average Bonchev–Trinajstić information content (AvgIpc) is 3.12. The Hall–Kier alpha value is -2.54. The van der Waals surface area contributed by atoms with Gasteiger partial charge in [-0.1, -0.05) is 53.5 Å². The summed E-state index contributed by atoms with van der Waals surface area (Å²) in [6.07, 6.45) is 5.04. The number of benzene rings is 2. The molecule has 2 atom stereocenters. The lowest BCUT2D eigenvalue weighted by Gasteiger charge is -2.33. The van der Waals surface area contributed by atoms with Gasteiger partial charge >= 0.3 is 6.03 Å². The Morgan fingerprint density at radius 3 is 2.62 bits per heavy atom. The maximum atomic E-state index is 13.3. The molecule has 1 fully saturated rings. The van der Waals surface area contributed by atoms with Gasteiger partial charge in [-0.3, -0.25) is 9.78 Å². The highest BCUT2D eigenvalue weighted by atomic mass is 35.5. The molecule has 3 amide bonds. The standard InChI is InChI=1S/C21H13Cl2N3O2S/c22-13-6-2-1-5-12(13)17-8-15-19(29-17)20(27)26(21(28)25-15)16-10-24-9-11-4-3-7-14(23)18(11)16/h1-10,15,19H,(H,25,28). The van der Waals surface area contributed by atoms with Crippen molar-refractivity contribution in [3.8, 4) is 0 Å². The molecular weight excluding hydrogens is 429 g/mol. The molecule has 0 spiro atoms. The third kappa shape index (κ3) is 2.99. The molecule has 0 radical (unpaired) electrons. The number of carbonyl (C=O) groups is 2. The van der Waals surface area contributed by atoms with Gasteiger partial charge in [0.15, 0.2) is 0 Å². The van der Waals surface area contributed by atoms with Crippen molar-refractivity contribution >= 4 is 68.3 Å². The summed E-state index contributed by atoms with van der Waals surface area (Å²) in [5, 5.41) is 4.86. The van der Waals surface area contributed by atoms with E-state index in [0.717, 1.165) is 20.8 Å². The maximum Gasteiger partial charge on any atom is 0.329 e. The van der Waals surface area contributed by atoms with Crippen molar-refractivity contribution in [2.45, 2.75) is 11.3 Å². The van der Waals surface area contributed by atoms with Gasteiger partial charge in [-0.25, -0.2) is 9.69 Å². The number of rotatable bonds is 2. The topological polar surface area (TPSA) is 62.3 Å². The zero-order valence-corrected chi connectivity index (χ0v) is 17.1. The molecule has 5 rings (SSSR count). The van der Waals surface area contributed by atoms with E-state index < -0.39 is 17.3 Å². The normalized spacial score (nSPS) is 21.2. The van der Waals surface area contributed by atoms with E-state index in [1.54, 1.807) is 24.4 Å². The summed E-state index contributed by atoms with van der Waals surface area (Å²) in [6, 6.07) is 11.9. The summed E-state index contributed by atoms with van der Waals surface area (Å²) in [5.74, 6) is -0.309. The second-order valence-corrected chi connectivity index (χ2v) is 8.69. The minimum absolute atomic E-state index is 0.309. The van der Waals surface area contributed by atoms with Crippen LogP contribution in [0.5, 0.6) is 0 Å². The third-order valence-electron chi connectivity index (χ3n) is 4.96. The van der Waals surface area contributed by atoms with Crippen LogP contribution in [0.2, 0.25) is 10.0 Å². The van der Waals surface area contributed by atoms with Crippen molar-refractivity contribution in [2.24, 2.45) is 0 Å². The number of anilines is 1. The fourth-order valence-corrected chi connectivity index (χ4v) is 5.51. The van der Waals surface area contributed by atoms with Crippen LogP contribution in [0.1, 0.15) is 5.56 Å². The van der Waals surface area contributed by atoms with Gasteiger partial charge in [0.2, 0.25) is 0 Å². The highest BCUT2D eigenvalue weighted by Crippen LogP contribution is 2.45. The zero-order valence-electron chi connectivity index (χ0n) is 14.8. The summed E-state index contributed by atoms with van der Waals surface area (Å²) < 4.78 is 0. The van der Waals surface area contributed by atoms with Gasteiger partial charge in [0.25, 0.3) is 5.91 Å². The van der Waals surface area contributed by atoms with E-state index in [1.165, 1.54) is 18.0 Å². The van der Waals surface area contributed by atoms with E-state index in [2.05, 4.69) is 10.3 Å². The number of amides is 3. The van der Waals surface area contributed by atoms with Crippen LogP contribution < -0.4 is 10.2 Å². The SMILES string of the molecule is O=C1NC2C=C(c3ccccc3Cl)SC2C(=O)N1c1cncc2cccc(Cl)c12. The van der Waals surface area contributed by atoms with Crippen molar-refractivity contribution in [3.63, 3.8) is 0 Å². The van der Waals surface area contributed by atoms with E-state index in [4.69, 9.17) is 23.2 Å². The molecular formula is C21H13Cl2N3O2S. The molecule has 2 unspecified atom stereocenters. The molecule has 1 aromatic heterocycles. The van der Waals surface area contributed by atoms with Gasteiger partial charge in [-0.05, 0) is 18.2 Å². The first-order valence-corrected chi connectivity index (χ1v) is 10.5. The Labute approximate surface area is 180 Å². The molecule has 29 heavy (non-hydrogen) atoms. The Balaban J connectivity index is 1.54. The number of fused-ring (bicyclic) bond motifs is 2. The Morgan fingerprint density at radius 2 is 1.79 bits per heavy atom. The molecule has 0 bridgehead atoms. The molecule has 1 N–H and O–H groups in total. The maximum absolute atomic E-state index is 13.3. The molecule has 2 aromatic carbocycles. The Morgan fingerprint density at radius 1 is 1.00 bits per heavy atom. The second-order valence-electron chi connectivity index (χ2n) is 6.69. The number of imide groups is 1. The highest BCUT2D eigenvalue weighted by Gasteiger charge is 2.45. The lowest BCUT2D eigenvalue weighted by molar-refractivity contribution is -0.118. The number of hydrogen-bond acceptors (Lipinski definition) is 4. The predicted octanol–water partition coefficient (Wildman–Crippen LogP) is 5.12. The monoisotopic (exact) mass is 441 g/mol. The number of aromatic nitrogens is 1. The first kappa shape index (κ1) is 18.5. The van der Waals surface area contributed by atoms with Crippen LogP contribution in [-0.4, -0.2) is 28.2 Å². The van der Waals surface area contributed by atoms with Crippen molar-refractivity contribution < 1.29 is 9.59 Å². The largest absolute Gasteiger partial charge is 0.329 e. The lowest BCUT2D eigenvalue weighted by Crippen LogP contribution is -2.60. The lowest BCUT2D eigenvalue weighted by atomic mass is 10.1. The summed E-state index contributed by atoms with van der Waals surface area (Å²) in [5.41, 5.74) is 1.22. The van der Waals surface area contributed by atoms with Crippen molar-refractivity contribution in [2.75, 3.05) is 4.90 Å². The number of thioether (sulfide) groups is 1. The third-order valence-corrected chi connectivity index (χ3v) is 6.96. The van der Waals surface area contributed by atoms with Crippen molar-refractivity contribution in [1.82, 2.24) is 10.3 Å². The number of nitrogens with one attached hydrogen (secondary N) is 1. The van der Waals surface area contributed by atoms with E-state index in [9.17, 15) is 9.59 Å². The minimum atomic E-state index is -0.497. The minimum Gasteiger partial charge on any atom is -0.329 e. The quantitative estimate of drug-likeness (QED) is 0.598. The zero-order chi connectivity index (χ0) is 20.1. The number of halogens is 2. The van der Waals surface area contributed by atoms with Crippen molar-refractivity contribution in [1.29, 1.82) is 0 Å². The highest BCUT2D eigenvalue weighted by molar-refractivity contribution is 8.09. The Kier molecular flexibility index (Phi) is 4.50. The van der Waals surface area contributed by atoms with Gasteiger partial charge in [-0.15, -0.1) is 11.8 Å². The van der Waals surface area contributed by atoms with Gasteiger partial charge < -0.3 is 5.32 Å². The fourth-order valence-electron chi connectivity index (χ4n) is 3.64. The van der Waals surface area contributed by atoms with Crippen LogP contribution in [0.15, 0.2) is 60.9 Å². The summed E-state index contributed by atoms with van der Waals surface area (Å²) in [7, 11) is 0. The number of pyridine rings is 1. The number of urea groups is 1. The van der Waals surface area contributed by atoms with Gasteiger partial charge in [0.1, 0.15) is 5.25 Å². The van der Waals surface area contributed by atoms with Gasteiger partial charge in [0.05, 0.1) is 22.9 Å². The molecule has 3 heterocycles. The molecule has 5 nitrogen and oxygen atoms in total. The average molecular weight is 442 g/mol. The molecule has 8 heteroatoms. The summed E-state index contributed by atoms with van der Waals surface area (Å²) in [4.78, 5) is 32.4. The van der Waals surface area contributed by atoms with Crippen LogP contribution in [-0.2, 0) is 4.79 Å². The van der Waals surface area contributed by atoms with Crippen molar-refractivity contribution in [3.05, 3.63) is 76.5 Å². The van der Waals surface area contributed by atoms with Crippen LogP contribution in [0.3, 0.4) is 0 Å². The Bertz CT molecular complexity index is 1210. The van der Waals surface area contributed by atoms with E-state index in [1.807, 2.05) is 30.3 Å². The number of nitrogens with zero attached hydrogens (tertiary/aromatic N) is 2. The summed E-state index contributed by atoms with van der Waals surface area (Å²) >= 11 is 14.1. The smallest absolute Gasteiger partial charge is 0.329 e. The molecule has 0 saturated carbocycles. The number of hydrogen-bond donors (Lipinski definition) is 1. The van der Waals surface area contributed by atoms with E-state index >= 15 is 0 Å². The number of carbonyl (C=O) groups excluding carboxylic acids is 2. The summed E-state index contributed by atoms with van der Waals surface area (Å²) in [6.45, 7) is 0. The van der Waals surface area contributed by atoms with Crippen LogP contribution in [0.25, 0.3) is 15.7 Å². The first-order valence-electron chi connectivity index (χ1n) is 8.84. The molecule has 3 aromatic rings. The van der Waals surface area contributed by atoms with E-state index in [-0.39, 0.29) is 5.91 Å². The molecule has 0 aliphatic carbocycles. The molecule has 144 valence electrons. The van der Waals surface area contributed by atoms with E-state index in [0.29, 0.717) is 21.1 Å². The van der Waals surface area contributed by atoms with Crippen LogP contribution in [0.4, 0.5) is 10.5 Å². The van der Waals surface area contributed by atoms with Crippen LogP contribution in [0, 0.1) is 0 Å². The van der Waals surface area contributed by atoms with Gasteiger partial charge in [0, 0.05) is 32.5 Å². The fraction of sp³-hybridized carbons (Fsp3) is 0.0952. The first-order chi connectivity index (χ1) is 14.0. The van der Waals surface area contributed by atoms with Gasteiger partial charge in [-0.2, -0.15) is 0 Å². The molecule has 1 saturated heterocycles. The predicted molar refractivity (Wildman–Crippen MR) is 117 cm³/mol.